The van der Waals surface area contributed by atoms with Crippen LogP contribution in [0.2, 0.25) is 5.02 Å². The van der Waals surface area contributed by atoms with Gasteiger partial charge in [-0.2, -0.15) is 0 Å². The van der Waals surface area contributed by atoms with Crippen molar-refractivity contribution in [2.45, 2.75) is 32.4 Å². The summed E-state index contributed by atoms with van der Waals surface area (Å²) in [5, 5.41) is 3.19. The molecule has 2 aromatic rings. The highest BCUT2D eigenvalue weighted by atomic mass is 35.5. The van der Waals surface area contributed by atoms with Crippen LogP contribution in [-0.4, -0.2) is 40.8 Å². The summed E-state index contributed by atoms with van der Waals surface area (Å²) >= 11 is 6.16. The van der Waals surface area contributed by atoms with Gasteiger partial charge in [-0.3, -0.25) is 9.10 Å². The molecule has 0 unspecified atom stereocenters. The van der Waals surface area contributed by atoms with Gasteiger partial charge in [-0.15, -0.1) is 0 Å². The summed E-state index contributed by atoms with van der Waals surface area (Å²) in [5.41, 5.74) is 1.18. The van der Waals surface area contributed by atoms with Gasteiger partial charge in [-0.05, 0) is 49.2 Å². The molecular weight excluding hydrogens is 428 g/mol. The van der Waals surface area contributed by atoms with Crippen LogP contribution in [0.25, 0.3) is 0 Å². The van der Waals surface area contributed by atoms with Crippen LogP contribution in [0.5, 0.6) is 11.5 Å². The van der Waals surface area contributed by atoms with Crippen molar-refractivity contribution in [3.05, 3.63) is 53.1 Å². The molecule has 0 saturated carbocycles. The van der Waals surface area contributed by atoms with Crippen molar-refractivity contribution in [2.75, 3.05) is 24.8 Å². The maximum absolute atomic E-state index is 13.0. The highest BCUT2D eigenvalue weighted by Gasteiger charge is 2.30. The minimum absolute atomic E-state index is 0.251. The van der Waals surface area contributed by atoms with E-state index in [1.54, 1.807) is 19.2 Å². The Morgan fingerprint density at radius 2 is 1.77 bits per heavy atom. The Labute approximate surface area is 183 Å². The van der Waals surface area contributed by atoms with Crippen LogP contribution in [0.4, 0.5) is 5.69 Å². The van der Waals surface area contributed by atoms with E-state index in [-0.39, 0.29) is 16.8 Å². The maximum Gasteiger partial charge on any atom is 0.244 e. The molecule has 9 heteroatoms. The number of carbonyl (C=O) groups is 1. The second kappa shape index (κ2) is 10.0. The molecular formula is C21H27ClN2O5S. The molecule has 0 fully saturated rings. The Morgan fingerprint density at radius 1 is 1.13 bits per heavy atom. The highest BCUT2D eigenvalue weighted by Crippen LogP contribution is 2.31. The van der Waals surface area contributed by atoms with Crippen molar-refractivity contribution in [3.63, 3.8) is 0 Å². The third kappa shape index (κ3) is 5.58. The molecule has 0 aliphatic rings. The maximum atomic E-state index is 13.0. The molecule has 0 spiro atoms. The van der Waals surface area contributed by atoms with Gasteiger partial charge in [0.15, 0.2) is 0 Å². The molecule has 164 valence electrons. The SMILES string of the molecule is CC[C@@H](NC(=O)[C@H](C)N(c1ccc(OC)c(Cl)c1)S(C)(=O)=O)c1ccc(OC)cc1. The molecule has 0 aliphatic heterocycles. The fourth-order valence-corrected chi connectivity index (χ4v) is 4.57. The van der Waals surface area contributed by atoms with Crippen LogP contribution in [-0.2, 0) is 14.8 Å². The van der Waals surface area contributed by atoms with Crippen molar-refractivity contribution < 1.29 is 22.7 Å². The van der Waals surface area contributed by atoms with Crippen LogP contribution in [0.1, 0.15) is 31.9 Å². The molecule has 0 aromatic heterocycles. The second-order valence-corrected chi connectivity index (χ2v) is 9.06. The normalized spacial score (nSPS) is 13.3. The number of hydrogen-bond donors (Lipinski definition) is 1. The summed E-state index contributed by atoms with van der Waals surface area (Å²) in [4.78, 5) is 13.0. The van der Waals surface area contributed by atoms with Crippen molar-refractivity contribution in [2.24, 2.45) is 0 Å². The van der Waals surface area contributed by atoms with E-state index < -0.39 is 22.0 Å². The first-order valence-corrected chi connectivity index (χ1v) is 11.6. The average molecular weight is 455 g/mol. The van der Waals surface area contributed by atoms with E-state index in [0.717, 1.165) is 16.1 Å². The highest BCUT2D eigenvalue weighted by molar-refractivity contribution is 7.92. The lowest BCUT2D eigenvalue weighted by molar-refractivity contribution is -0.122. The topological polar surface area (TPSA) is 84.9 Å². The first-order chi connectivity index (χ1) is 14.1. The summed E-state index contributed by atoms with van der Waals surface area (Å²) in [6.07, 6.45) is 1.69. The van der Waals surface area contributed by atoms with E-state index in [0.29, 0.717) is 17.9 Å². The zero-order valence-electron chi connectivity index (χ0n) is 17.7. The van der Waals surface area contributed by atoms with Gasteiger partial charge in [0.2, 0.25) is 15.9 Å². The Hall–Kier alpha value is -2.45. The van der Waals surface area contributed by atoms with Crippen molar-refractivity contribution >= 4 is 33.2 Å². The van der Waals surface area contributed by atoms with Crippen LogP contribution in [0.15, 0.2) is 42.5 Å². The molecule has 0 radical (unpaired) electrons. The van der Waals surface area contributed by atoms with Gasteiger partial charge in [-0.1, -0.05) is 30.7 Å². The Morgan fingerprint density at radius 3 is 2.23 bits per heavy atom. The lowest BCUT2D eigenvalue weighted by Crippen LogP contribution is -2.48. The third-order valence-electron chi connectivity index (χ3n) is 4.72. The zero-order valence-corrected chi connectivity index (χ0v) is 19.3. The second-order valence-electron chi connectivity index (χ2n) is 6.80. The van der Waals surface area contributed by atoms with Crippen LogP contribution < -0.4 is 19.1 Å². The molecule has 0 aliphatic carbocycles. The number of amides is 1. The van der Waals surface area contributed by atoms with Crippen LogP contribution in [0, 0.1) is 0 Å². The molecule has 2 rings (SSSR count). The first-order valence-electron chi connectivity index (χ1n) is 9.39. The van der Waals surface area contributed by atoms with Gasteiger partial charge in [0.05, 0.1) is 37.2 Å². The number of methoxy groups -OCH3 is 2. The Balaban J connectivity index is 2.29. The molecule has 2 atom stereocenters. The Kier molecular flexibility index (Phi) is 7.97. The predicted molar refractivity (Wildman–Crippen MR) is 119 cm³/mol. The smallest absolute Gasteiger partial charge is 0.244 e. The van der Waals surface area contributed by atoms with Gasteiger partial charge in [0.25, 0.3) is 0 Å². The predicted octanol–water partition coefficient (Wildman–Crippen LogP) is 3.78. The van der Waals surface area contributed by atoms with Gasteiger partial charge < -0.3 is 14.8 Å². The van der Waals surface area contributed by atoms with E-state index in [1.807, 2.05) is 31.2 Å². The molecule has 30 heavy (non-hydrogen) atoms. The van der Waals surface area contributed by atoms with Crippen LogP contribution >= 0.6 is 11.6 Å². The number of nitrogens with zero attached hydrogens (tertiary/aromatic N) is 1. The Bertz CT molecular complexity index is 979. The fourth-order valence-electron chi connectivity index (χ4n) is 3.15. The van der Waals surface area contributed by atoms with Crippen molar-refractivity contribution in [1.29, 1.82) is 0 Å². The van der Waals surface area contributed by atoms with E-state index in [1.165, 1.54) is 20.1 Å². The number of benzene rings is 2. The van der Waals surface area contributed by atoms with Crippen molar-refractivity contribution in [1.82, 2.24) is 5.32 Å². The van der Waals surface area contributed by atoms with Crippen molar-refractivity contribution in [3.8, 4) is 11.5 Å². The number of hydrogen-bond acceptors (Lipinski definition) is 5. The van der Waals surface area contributed by atoms with E-state index in [4.69, 9.17) is 21.1 Å². The number of rotatable bonds is 9. The monoisotopic (exact) mass is 454 g/mol. The molecule has 1 N–H and O–H groups in total. The molecule has 0 heterocycles. The fraction of sp³-hybridized carbons (Fsp3) is 0.381. The minimum Gasteiger partial charge on any atom is -0.497 e. The summed E-state index contributed by atoms with van der Waals surface area (Å²) in [5.74, 6) is 0.708. The van der Waals surface area contributed by atoms with Gasteiger partial charge >= 0.3 is 0 Å². The molecule has 0 bridgehead atoms. The lowest BCUT2D eigenvalue weighted by atomic mass is 10.0. The zero-order chi connectivity index (χ0) is 22.5. The lowest BCUT2D eigenvalue weighted by Gasteiger charge is -2.30. The van der Waals surface area contributed by atoms with E-state index in [9.17, 15) is 13.2 Å². The largest absolute Gasteiger partial charge is 0.497 e. The summed E-state index contributed by atoms with van der Waals surface area (Å²) in [6.45, 7) is 3.48. The van der Waals surface area contributed by atoms with Gasteiger partial charge in [0.1, 0.15) is 17.5 Å². The summed E-state index contributed by atoms with van der Waals surface area (Å²) in [7, 11) is -0.706. The summed E-state index contributed by atoms with van der Waals surface area (Å²) in [6, 6.07) is 10.7. The average Bonchev–Trinajstić information content (AvgIpc) is 2.71. The van der Waals surface area contributed by atoms with E-state index in [2.05, 4.69) is 5.32 Å². The molecule has 1 amide bonds. The standard InChI is InChI=1S/C21H27ClN2O5S/c1-6-19(15-7-10-17(28-3)11-8-15)23-21(25)14(2)24(30(5,26)27)16-9-12-20(29-4)18(22)13-16/h7-14,19H,6H2,1-5H3,(H,23,25)/t14-,19+/m0/s1. The molecule has 0 saturated heterocycles. The number of ether oxygens (including phenoxy) is 2. The third-order valence-corrected chi connectivity index (χ3v) is 6.26. The van der Waals surface area contributed by atoms with Gasteiger partial charge in [0, 0.05) is 0 Å². The first kappa shape index (κ1) is 23.8. The number of nitrogens with one attached hydrogen (secondary N) is 1. The quantitative estimate of drug-likeness (QED) is 0.623. The van der Waals surface area contributed by atoms with Gasteiger partial charge in [-0.25, -0.2) is 8.42 Å². The van der Waals surface area contributed by atoms with E-state index >= 15 is 0 Å². The van der Waals surface area contributed by atoms with Crippen LogP contribution in [0.3, 0.4) is 0 Å². The number of sulfonamides is 1. The minimum atomic E-state index is -3.76. The summed E-state index contributed by atoms with van der Waals surface area (Å²) < 4.78 is 36.3. The number of anilines is 1. The molecule has 7 nitrogen and oxygen atoms in total. The number of carbonyl (C=O) groups excluding carboxylic acids is 1. The molecule has 2 aromatic carbocycles. The number of halogens is 1.